The Morgan fingerprint density at radius 2 is 1.74 bits per heavy atom. The summed E-state index contributed by atoms with van der Waals surface area (Å²) in [7, 11) is 0. The third kappa shape index (κ3) is 4.20. The Labute approximate surface area is 139 Å². The molecular weight excluding hydrogens is 306 g/mol. The standard InChI is InChI=1S/C17H19N5S/c18-15-16(19-9-8-14-7-4-10-23-14)21-12-22-17(15)20-11-13-5-2-1-3-6-13/h1-7,10,12H,8-9,11,18H2,(H2,19,20,21,22). The molecule has 0 aliphatic rings. The Bertz CT molecular complexity index is 728. The summed E-state index contributed by atoms with van der Waals surface area (Å²) in [6, 6.07) is 14.3. The number of nitrogens with one attached hydrogen (secondary N) is 2. The Morgan fingerprint density at radius 3 is 2.48 bits per heavy atom. The van der Waals surface area contributed by atoms with Crippen molar-refractivity contribution in [2.75, 3.05) is 22.9 Å². The van der Waals surface area contributed by atoms with Crippen molar-refractivity contribution in [1.29, 1.82) is 0 Å². The molecule has 2 aromatic heterocycles. The van der Waals surface area contributed by atoms with Crippen LogP contribution in [0.4, 0.5) is 17.3 Å². The lowest BCUT2D eigenvalue weighted by molar-refractivity contribution is 1.01. The van der Waals surface area contributed by atoms with Gasteiger partial charge in [-0.3, -0.25) is 0 Å². The minimum absolute atomic E-state index is 0.551. The molecule has 0 spiro atoms. The van der Waals surface area contributed by atoms with Crippen LogP contribution >= 0.6 is 11.3 Å². The highest BCUT2D eigenvalue weighted by Gasteiger charge is 2.07. The SMILES string of the molecule is Nc1c(NCCc2cccs2)ncnc1NCc1ccccc1. The van der Waals surface area contributed by atoms with Gasteiger partial charge in [0.25, 0.3) is 0 Å². The van der Waals surface area contributed by atoms with E-state index in [1.165, 1.54) is 16.8 Å². The summed E-state index contributed by atoms with van der Waals surface area (Å²) in [6.45, 7) is 1.47. The number of benzene rings is 1. The molecule has 3 rings (SSSR count). The van der Waals surface area contributed by atoms with Gasteiger partial charge in [0.15, 0.2) is 11.6 Å². The smallest absolute Gasteiger partial charge is 0.155 e. The van der Waals surface area contributed by atoms with Crippen molar-refractivity contribution in [2.24, 2.45) is 0 Å². The molecule has 6 heteroatoms. The van der Waals surface area contributed by atoms with Gasteiger partial charge in [0.05, 0.1) is 0 Å². The summed E-state index contributed by atoms with van der Waals surface area (Å²) in [5.74, 6) is 1.33. The van der Waals surface area contributed by atoms with E-state index in [9.17, 15) is 0 Å². The van der Waals surface area contributed by atoms with Crippen molar-refractivity contribution in [1.82, 2.24) is 9.97 Å². The van der Waals surface area contributed by atoms with Crippen molar-refractivity contribution >= 4 is 28.7 Å². The van der Waals surface area contributed by atoms with Crippen LogP contribution in [0.15, 0.2) is 54.2 Å². The van der Waals surface area contributed by atoms with E-state index in [2.05, 4.69) is 50.2 Å². The number of rotatable bonds is 7. The van der Waals surface area contributed by atoms with Gasteiger partial charge in [0.2, 0.25) is 0 Å². The Morgan fingerprint density at radius 1 is 0.957 bits per heavy atom. The lowest BCUT2D eigenvalue weighted by Crippen LogP contribution is -2.11. The lowest BCUT2D eigenvalue weighted by atomic mass is 10.2. The maximum atomic E-state index is 6.16. The van der Waals surface area contributed by atoms with Crippen LogP contribution in [0.3, 0.4) is 0 Å². The third-order valence-electron chi connectivity index (χ3n) is 3.43. The molecule has 5 nitrogen and oxygen atoms in total. The number of anilines is 3. The molecule has 3 aromatic rings. The first-order chi connectivity index (χ1) is 11.3. The molecular formula is C17H19N5S. The zero-order valence-corrected chi connectivity index (χ0v) is 13.5. The molecule has 0 saturated carbocycles. The number of hydrogen-bond donors (Lipinski definition) is 3. The van der Waals surface area contributed by atoms with Crippen LogP contribution in [-0.4, -0.2) is 16.5 Å². The van der Waals surface area contributed by atoms with Crippen molar-refractivity contribution < 1.29 is 0 Å². The fourth-order valence-electron chi connectivity index (χ4n) is 2.22. The second kappa shape index (κ2) is 7.60. The highest BCUT2D eigenvalue weighted by Crippen LogP contribution is 2.23. The summed E-state index contributed by atoms with van der Waals surface area (Å²) in [4.78, 5) is 9.80. The van der Waals surface area contributed by atoms with Gasteiger partial charge in [0.1, 0.15) is 12.0 Å². The first kappa shape index (κ1) is 15.3. The molecule has 0 saturated heterocycles. The van der Waals surface area contributed by atoms with Crippen LogP contribution in [0.5, 0.6) is 0 Å². The highest BCUT2D eigenvalue weighted by molar-refractivity contribution is 7.09. The van der Waals surface area contributed by atoms with E-state index >= 15 is 0 Å². The van der Waals surface area contributed by atoms with Crippen molar-refractivity contribution in [3.8, 4) is 0 Å². The zero-order valence-electron chi connectivity index (χ0n) is 12.7. The van der Waals surface area contributed by atoms with Gasteiger partial charge in [-0.05, 0) is 23.4 Å². The van der Waals surface area contributed by atoms with Crippen LogP contribution in [0.25, 0.3) is 0 Å². The number of nitrogens with zero attached hydrogens (tertiary/aromatic N) is 2. The molecule has 0 fully saturated rings. The molecule has 0 radical (unpaired) electrons. The minimum atomic E-state index is 0.551. The Kier molecular flexibility index (Phi) is 5.06. The fourth-order valence-corrected chi connectivity index (χ4v) is 2.93. The molecule has 0 unspecified atom stereocenters. The largest absolute Gasteiger partial charge is 0.393 e. The number of hydrogen-bond acceptors (Lipinski definition) is 6. The summed E-state index contributed by atoms with van der Waals surface area (Å²) < 4.78 is 0. The maximum absolute atomic E-state index is 6.16. The van der Waals surface area contributed by atoms with Crippen LogP contribution in [0.1, 0.15) is 10.4 Å². The molecule has 0 atom stereocenters. The van der Waals surface area contributed by atoms with Crippen molar-refractivity contribution in [3.05, 3.63) is 64.6 Å². The van der Waals surface area contributed by atoms with Gasteiger partial charge in [0, 0.05) is 18.0 Å². The molecule has 1 aromatic carbocycles. The number of nitrogen functional groups attached to an aromatic ring is 1. The molecule has 2 heterocycles. The number of nitrogens with two attached hydrogens (primary N) is 1. The van der Waals surface area contributed by atoms with Gasteiger partial charge in [-0.2, -0.15) is 0 Å². The summed E-state index contributed by atoms with van der Waals surface area (Å²) >= 11 is 1.75. The number of thiophene rings is 1. The van der Waals surface area contributed by atoms with Gasteiger partial charge in [-0.25, -0.2) is 9.97 Å². The molecule has 118 valence electrons. The second-order valence-corrected chi connectivity index (χ2v) is 6.11. The van der Waals surface area contributed by atoms with Crippen LogP contribution in [0, 0.1) is 0 Å². The third-order valence-corrected chi connectivity index (χ3v) is 4.37. The molecule has 0 bridgehead atoms. The first-order valence-electron chi connectivity index (χ1n) is 7.47. The van der Waals surface area contributed by atoms with E-state index in [-0.39, 0.29) is 0 Å². The molecule has 4 N–H and O–H groups in total. The quantitative estimate of drug-likeness (QED) is 0.621. The first-order valence-corrected chi connectivity index (χ1v) is 8.35. The summed E-state index contributed by atoms with van der Waals surface area (Å²) in [5, 5.41) is 8.62. The van der Waals surface area contributed by atoms with Gasteiger partial charge in [-0.1, -0.05) is 36.4 Å². The topological polar surface area (TPSA) is 75.9 Å². The summed E-state index contributed by atoms with van der Waals surface area (Å²) in [5.41, 5.74) is 7.89. The number of aromatic nitrogens is 2. The lowest BCUT2D eigenvalue weighted by Gasteiger charge is -2.12. The molecule has 0 aliphatic heterocycles. The zero-order chi connectivity index (χ0) is 15.9. The average Bonchev–Trinajstić information content (AvgIpc) is 3.10. The van der Waals surface area contributed by atoms with Gasteiger partial charge >= 0.3 is 0 Å². The van der Waals surface area contributed by atoms with E-state index in [0.29, 0.717) is 23.9 Å². The van der Waals surface area contributed by atoms with Crippen molar-refractivity contribution in [3.63, 3.8) is 0 Å². The fraction of sp³-hybridized carbons (Fsp3) is 0.176. The van der Waals surface area contributed by atoms with Crippen LogP contribution < -0.4 is 16.4 Å². The highest BCUT2D eigenvalue weighted by atomic mass is 32.1. The van der Waals surface area contributed by atoms with E-state index in [1.807, 2.05) is 18.2 Å². The average molecular weight is 325 g/mol. The summed E-state index contributed by atoms with van der Waals surface area (Å²) in [6.07, 6.45) is 2.48. The monoisotopic (exact) mass is 325 g/mol. The predicted molar refractivity (Wildman–Crippen MR) is 96.7 cm³/mol. The van der Waals surface area contributed by atoms with E-state index in [1.54, 1.807) is 11.3 Å². The van der Waals surface area contributed by atoms with Gasteiger partial charge in [-0.15, -0.1) is 11.3 Å². The predicted octanol–water partition coefficient (Wildman–Crippen LogP) is 3.39. The van der Waals surface area contributed by atoms with Crippen LogP contribution in [0.2, 0.25) is 0 Å². The molecule has 23 heavy (non-hydrogen) atoms. The van der Waals surface area contributed by atoms with Crippen LogP contribution in [-0.2, 0) is 13.0 Å². The Hall–Kier alpha value is -2.60. The normalized spacial score (nSPS) is 10.4. The van der Waals surface area contributed by atoms with E-state index in [0.717, 1.165) is 13.0 Å². The second-order valence-electron chi connectivity index (χ2n) is 5.08. The van der Waals surface area contributed by atoms with Gasteiger partial charge < -0.3 is 16.4 Å². The maximum Gasteiger partial charge on any atom is 0.155 e. The van der Waals surface area contributed by atoms with E-state index < -0.39 is 0 Å². The minimum Gasteiger partial charge on any atom is -0.393 e. The molecule has 0 aliphatic carbocycles. The molecule has 0 amide bonds. The van der Waals surface area contributed by atoms with E-state index in [4.69, 9.17) is 5.73 Å². The Balaban J connectivity index is 1.59. The van der Waals surface area contributed by atoms with Crippen molar-refractivity contribution in [2.45, 2.75) is 13.0 Å².